The van der Waals surface area contributed by atoms with Crippen LogP contribution in [-0.4, -0.2) is 17.4 Å². The Morgan fingerprint density at radius 1 is 1.70 bits per heavy atom. The molecule has 0 aromatic rings. The molecule has 0 aliphatic carbocycles. The molecule has 1 fully saturated rings. The lowest BCUT2D eigenvalue weighted by Crippen LogP contribution is -2.14. The van der Waals surface area contributed by atoms with E-state index in [1.54, 1.807) is 0 Å². The molecule has 0 aromatic heterocycles. The van der Waals surface area contributed by atoms with Gasteiger partial charge in [-0.05, 0) is 29.8 Å². The predicted octanol–water partition coefficient (Wildman–Crippen LogP) is 3.00. The lowest BCUT2D eigenvalue weighted by molar-refractivity contribution is 0.390. The zero-order chi connectivity index (χ0) is 7.40. The van der Waals surface area contributed by atoms with Gasteiger partial charge in [-0.1, -0.05) is 13.3 Å². The van der Waals surface area contributed by atoms with Gasteiger partial charge in [0, 0.05) is 5.88 Å². The summed E-state index contributed by atoms with van der Waals surface area (Å²) in [6.45, 7) is 2.25. The van der Waals surface area contributed by atoms with Crippen molar-refractivity contribution in [2.75, 3.05) is 17.4 Å². The maximum Gasteiger partial charge on any atom is 0.0254 e. The molecule has 0 saturated carbocycles. The predicted molar refractivity (Wildman–Crippen MR) is 49.9 cm³/mol. The molecule has 0 radical (unpaired) electrons. The van der Waals surface area contributed by atoms with Crippen LogP contribution in [0.25, 0.3) is 0 Å². The fourth-order valence-electron chi connectivity index (χ4n) is 1.49. The van der Waals surface area contributed by atoms with Crippen molar-refractivity contribution in [3.63, 3.8) is 0 Å². The molecule has 0 aromatic carbocycles. The van der Waals surface area contributed by atoms with Gasteiger partial charge >= 0.3 is 0 Å². The molecule has 2 heteroatoms. The van der Waals surface area contributed by atoms with Crippen molar-refractivity contribution >= 4 is 23.4 Å². The molecule has 60 valence electrons. The Labute approximate surface area is 72.7 Å². The van der Waals surface area contributed by atoms with Crippen LogP contribution in [0, 0.1) is 11.8 Å². The van der Waals surface area contributed by atoms with Crippen molar-refractivity contribution < 1.29 is 0 Å². The van der Waals surface area contributed by atoms with Crippen LogP contribution in [0.1, 0.15) is 19.8 Å². The van der Waals surface area contributed by atoms with Gasteiger partial charge in [0.05, 0.1) is 0 Å². The van der Waals surface area contributed by atoms with Crippen molar-refractivity contribution in [3.05, 3.63) is 0 Å². The largest absolute Gasteiger partial charge is 0.162 e. The second-order valence-electron chi connectivity index (χ2n) is 2.95. The van der Waals surface area contributed by atoms with Gasteiger partial charge in [0.1, 0.15) is 0 Å². The highest BCUT2D eigenvalue weighted by Crippen LogP contribution is 2.31. The van der Waals surface area contributed by atoms with Crippen LogP contribution in [0.15, 0.2) is 0 Å². The Morgan fingerprint density at radius 3 is 2.90 bits per heavy atom. The van der Waals surface area contributed by atoms with Crippen LogP contribution in [0.5, 0.6) is 0 Å². The molecule has 1 aliphatic heterocycles. The normalized spacial score (nSPS) is 28.8. The van der Waals surface area contributed by atoms with Gasteiger partial charge < -0.3 is 0 Å². The number of rotatable bonds is 3. The van der Waals surface area contributed by atoms with Gasteiger partial charge in [0.2, 0.25) is 0 Å². The van der Waals surface area contributed by atoms with Crippen LogP contribution >= 0.6 is 23.4 Å². The molecule has 10 heavy (non-hydrogen) atoms. The Hall–Kier alpha value is 0.640. The van der Waals surface area contributed by atoms with Crippen LogP contribution in [0.4, 0.5) is 0 Å². The Morgan fingerprint density at radius 2 is 2.50 bits per heavy atom. The van der Waals surface area contributed by atoms with Crippen molar-refractivity contribution in [2.24, 2.45) is 11.8 Å². The summed E-state index contributed by atoms with van der Waals surface area (Å²) in [5.74, 6) is 5.29. The minimum atomic E-state index is 0.789. The summed E-state index contributed by atoms with van der Waals surface area (Å²) in [4.78, 5) is 0. The van der Waals surface area contributed by atoms with E-state index in [0.29, 0.717) is 0 Å². The first-order valence-electron chi connectivity index (χ1n) is 4.02. The number of thioether (sulfide) groups is 1. The molecular formula is C8H15ClS. The van der Waals surface area contributed by atoms with E-state index in [2.05, 4.69) is 18.7 Å². The van der Waals surface area contributed by atoms with E-state index < -0.39 is 0 Å². The molecule has 0 N–H and O–H groups in total. The third kappa shape index (κ3) is 2.06. The first-order valence-corrected chi connectivity index (χ1v) is 5.71. The minimum Gasteiger partial charge on any atom is -0.162 e. The molecule has 0 bridgehead atoms. The fraction of sp³-hybridized carbons (Fsp3) is 1.00. The van der Waals surface area contributed by atoms with E-state index in [9.17, 15) is 0 Å². The number of hydrogen-bond donors (Lipinski definition) is 0. The number of halogens is 1. The summed E-state index contributed by atoms with van der Waals surface area (Å²) >= 11 is 7.92. The van der Waals surface area contributed by atoms with Crippen molar-refractivity contribution in [1.82, 2.24) is 0 Å². The Kier molecular flexibility index (Phi) is 3.93. The molecule has 2 atom stereocenters. The average molecular weight is 179 g/mol. The van der Waals surface area contributed by atoms with Crippen molar-refractivity contribution in [2.45, 2.75) is 19.8 Å². The molecule has 1 saturated heterocycles. The molecule has 0 amide bonds. The maximum atomic E-state index is 5.84. The van der Waals surface area contributed by atoms with Crippen LogP contribution in [0.3, 0.4) is 0 Å². The third-order valence-corrected chi connectivity index (χ3v) is 3.94. The molecule has 1 rings (SSSR count). The summed E-state index contributed by atoms with van der Waals surface area (Å²) in [6, 6.07) is 0. The summed E-state index contributed by atoms with van der Waals surface area (Å²) in [5.41, 5.74) is 0. The minimum absolute atomic E-state index is 0.789. The lowest BCUT2D eigenvalue weighted by Gasteiger charge is -2.17. The standard InChI is InChI=1S/C8H15ClS/c1-2-7(5-9)8-3-4-10-6-8/h7-8H,2-6H2,1H3. The smallest absolute Gasteiger partial charge is 0.0254 e. The van der Waals surface area contributed by atoms with Gasteiger partial charge in [0.15, 0.2) is 0 Å². The topological polar surface area (TPSA) is 0 Å². The van der Waals surface area contributed by atoms with E-state index in [1.807, 2.05) is 0 Å². The van der Waals surface area contributed by atoms with Crippen molar-refractivity contribution in [1.29, 1.82) is 0 Å². The highest BCUT2D eigenvalue weighted by Gasteiger charge is 2.22. The molecule has 1 heterocycles. The molecule has 2 unspecified atom stereocenters. The van der Waals surface area contributed by atoms with Crippen LogP contribution < -0.4 is 0 Å². The van der Waals surface area contributed by atoms with Crippen molar-refractivity contribution in [3.8, 4) is 0 Å². The van der Waals surface area contributed by atoms with Gasteiger partial charge in [-0.25, -0.2) is 0 Å². The number of hydrogen-bond acceptors (Lipinski definition) is 1. The lowest BCUT2D eigenvalue weighted by atomic mass is 9.91. The van der Waals surface area contributed by atoms with Gasteiger partial charge in [0.25, 0.3) is 0 Å². The summed E-state index contributed by atoms with van der Waals surface area (Å²) < 4.78 is 0. The van der Waals surface area contributed by atoms with E-state index in [-0.39, 0.29) is 0 Å². The van der Waals surface area contributed by atoms with Gasteiger partial charge in [-0.15, -0.1) is 11.6 Å². The second kappa shape index (κ2) is 4.50. The van der Waals surface area contributed by atoms with Gasteiger partial charge in [-0.3, -0.25) is 0 Å². The van der Waals surface area contributed by atoms with E-state index in [0.717, 1.165) is 17.7 Å². The first-order chi connectivity index (χ1) is 4.88. The Bertz CT molecular complexity index is 85.3. The van der Waals surface area contributed by atoms with Crippen LogP contribution in [0.2, 0.25) is 0 Å². The van der Waals surface area contributed by atoms with Gasteiger partial charge in [-0.2, -0.15) is 11.8 Å². The molecule has 0 nitrogen and oxygen atoms in total. The van der Waals surface area contributed by atoms with E-state index in [4.69, 9.17) is 11.6 Å². The highest BCUT2D eigenvalue weighted by atomic mass is 35.5. The monoisotopic (exact) mass is 178 g/mol. The van der Waals surface area contributed by atoms with E-state index in [1.165, 1.54) is 24.3 Å². The fourth-order valence-corrected chi connectivity index (χ4v) is 3.34. The highest BCUT2D eigenvalue weighted by molar-refractivity contribution is 7.99. The zero-order valence-electron chi connectivity index (χ0n) is 6.48. The SMILES string of the molecule is CCC(CCl)C1CCSC1. The molecule has 1 aliphatic rings. The number of alkyl halides is 1. The summed E-state index contributed by atoms with van der Waals surface area (Å²) in [7, 11) is 0. The van der Waals surface area contributed by atoms with Crippen LogP contribution in [-0.2, 0) is 0 Å². The average Bonchev–Trinajstić information content (AvgIpc) is 2.43. The Balaban J connectivity index is 2.29. The summed E-state index contributed by atoms with van der Waals surface area (Å²) in [5, 5.41) is 0. The summed E-state index contributed by atoms with van der Waals surface area (Å²) in [6.07, 6.45) is 2.66. The zero-order valence-corrected chi connectivity index (χ0v) is 8.05. The first kappa shape index (κ1) is 8.73. The maximum absolute atomic E-state index is 5.84. The third-order valence-electron chi connectivity index (χ3n) is 2.35. The second-order valence-corrected chi connectivity index (χ2v) is 4.40. The quantitative estimate of drug-likeness (QED) is 0.599. The van der Waals surface area contributed by atoms with E-state index >= 15 is 0 Å². The molecule has 0 spiro atoms. The molecular weight excluding hydrogens is 164 g/mol.